The van der Waals surface area contributed by atoms with Gasteiger partial charge < -0.3 is 5.32 Å². The van der Waals surface area contributed by atoms with Gasteiger partial charge in [-0.3, -0.25) is 9.48 Å². The molecule has 0 aliphatic heterocycles. The van der Waals surface area contributed by atoms with Crippen LogP contribution in [-0.4, -0.2) is 30.5 Å². The quantitative estimate of drug-likeness (QED) is 0.789. The van der Waals surface area contributed by atoms with Gasteiger partial charge in [0.2, 0.25) is 0 Å². The van der Waals surface area contributed by atoms with Crippen molar-refractivity contribution in [3.05, 3.63) is 34.9 Å². The zero-order chi connectivity index (χ0) is 18.3. The first kappa shape index (κ1) is 17.1. The van der Waals surface area contributed by atoms with Crippen molar-refractivity contribution in [3.63, 3.8) is 0 Å². The summed E-state index contributed by atoms with van der Waals surface area (Å²) in [5, 5.41) is 12.7. The average molecular weight is 340 g/mol. The van der Waals surface area contributed by atoms with Gasteiger partial charge in [0.25, 0.3) is 5.91 Å². The summed E-state index contributed by atoms with van der Waals surface area (Å²) in [5.41, 5.74) is 4.46. The largest absolute Gasteiger partial charge is 0.319 e. The number of hydrogen-bond donors (Lipinski definition) is 1. The van der Waals surface area contributed by atoms with Crippen molar-refractivity contribution < 1.29 is 4.79 Å². The molecular formula is C18H24N6O. The van der Waals surface area contributed by atoms with E-state index in [0.29, 0.717) is 5.56 Å². The van der Waals surface area contributed by atoms with Gasteiger partial charge in [-0.2, -0.15) is 10.2 Å². The average Bonchev–Trinajstić information content (AvgIpc) is 3.07. The molecule has 0 spiro atoms. The van der Waals surface area contributed by atoms with Gasteiger partial charge in [0.05, 0.1) is 28.0 Å². The molecule has 3 aromatic rings. The highest BCUT2D eigenvalue weighted by atomic mass is 16.1. The molecule has 0 saturated heterocycles. The third-order valence-corrected chi connectivity index (χ3v) is 4.22. The number of nitrogens with zero attached hydrogens (tertiary/aromatic N) is 5. The molecule has 3 rings (SSSR count). The molecular weight excluding hydrogens is 316 g/mol. The third-order valence-electron chi connectivity index (χ3n) is 4.22. The molecule has 25 heavy (non-hydrogen) atoms. The second-order valence-electron chi connectivity index (χ2n) is 6.57. The number of hydrogen-bond acceptors (Lipinski definition) is 4. The highest BCUT2D eigenvalue weighted by Gasteiger charge is 2.20. The first-order chi connectivity index (χ1) is 11.8. The predicted molar refractivity (Wildman–Crippen MR) is 98.0 cm³/mol. The molecule has 3 heterocycles. The van der Waals surface area contributed by atoms with Crippen LogP contribution in [0.3, 0.4) is 0 Å². The number of aryl methyl sites for hydroxylation is 4. The van der Waals surface area contributed by atoms with Crippen LogP contribution in [0.5, 0.6) is 0 Å². The van der Waals surface area contributed by atoms with Gasteiger partial charge in [-0.1, -0.05) is 0 Å². The van der Waals surface area contributed by atoms with Crippen LogP contribution in [0.4, 0.5) is 5.69 Å². The topological polar surface area (TPSA) is 77.6 Å². The van der Waals surface area contributed by atoms with Crippen molar-refractivity contribution in [2.45, 2.75) is 54.1 Å². The lowest BCUT2D eigenvalue weighted by molar-refractivity contribution is 0.102. The number of carbonyl (C=O) groups is 1. The maximum Gasteiger partial charge on any atom is 0.256 e. The molecule has 0 atom stereocenters. The number of nitrogens with one attached hydrogen (secondary N) is 1. The van der Waals surface area contributed by atoms with Crippen LogP contribution in [-0.2, 0) is 6.54 Å². The molecule has 0 aliphatic carbocycles. The molecule has 7 nitrogen and oxygen atoms in total. The first-order valence-corrected chi connectivity index (χ1v) is 8.53. The Balaban J connectivity index is 2.08. The summed E-state index contributed by atoms with van der Waals surface area (Å²) in [5.74, 6) is -0.166. The van der Waals surface area contributed by atoms with Gasteiger partial charge >= 0.3 is 0 Å². The minimum atomic E-state index is -0.166. The zero-order valence-corrected chi connectivity index (χ0v) is 15.6. The smallest absolute Gasteiger partial charge is 0.256 e. The minimum Gasteiger partial charge on any atom is -0.319 e. The van der Waals surface area contributed by atoms with Crippen molar-refractivity contribution in [1.29, 1.82) is 0 Å². The van der Waals surface area contributed by atoms with Crippen molar-refractivity contribution in [2.75, 3.05) is 5.32 Å². The number of pyridine rings is 1. The van der Waals surface area contributed by atoms with Crippen molar-refractivity contribution >= 4 is 22.6 Å². The molecule has 1 amide bonds. The zero-order valence-electron chi connectivity index (χ0n) is 15.6. The van der Waals surface area contributed by atoms with Crippen LogP contribution >= 0.6 is 0 Å². The lowest BCUT2D eigenvalue weighted by Gasteiger charge is -2.09. The Hall–Kier alpha value is -2.70. The summed E-state index contributed by atoms with van der Waals surface area (Å²) >= 11 is 0. The molecule has 0 unspecified atom stereocenters. The summed E-state index contributed by atoms with van der Waals surface area (Å²) in [6, 6.07) is 1.99. The lowest BCUT2D eigenvalue weighted by Crippen LogP contribution is -2.14. The number of anilines is 1. The van der Waals surface area contributed by atoms with E-state index in [4.69, 9.17) is 0 Å². The standard InChI is InChI=1S/C18H24N6O/c1-7-23-9-15(12(5)21-23)20-18(25)14-8-11(4)19-17-16(14)13(6)22-24(17)10(2)3/h8-10H,7H2,1-6H3,(H,20,25). The number of amides is 1. The summed E-state index contributed by atoms with van der Waals surface area (Å²) in [7, 11) is 0. The van der Waals surface area contributed by atoms with E-state index in [9.17, 15) is 4.79 Å². The molecule has 3 aromatic heterocycles. The molecule has 0 bridgehead atoms. The normalized spacial score (nSPS) is 11.5. The van der Waals surface area contributed by atoms with Gasteiger partial charge in [-0.25, -0.2) is 9.67 Å². The van der Waals surface area contributed by atoms with E-state index in [1.165, 1.54) is 0 Å². The van der Waals surface area contributed by atoms with Crippen LogP contribution in [0.25, 0.3) is 11.0 Å². The molecule has 0 saturated carbocycles. The van der Waals surface area contributed by atoms with Crippen molar-refractivity contribution in [3.8, 4) is 0 Å². The second kappa shape index (κ2) is 6.31. The fourth-order valence-corrected chi connectivity index (χ4v) is 2.97. The second-order valence-corrected chi connectivity index (χ2v) is 6.57. The predicted octanol–water partition coefficient (Wildman–Crippen LogP) is 3.41. The van der Waals surface area contributed by atoms with Crippen LogP contribution in [0.15, 0.2) is 12.3 Å². The molecule has 7 heteroatoms. The van der Waals surface area contributed by atoms with Gasteiger partial charge in [-0.15, -0.1) is 0 Å². The van der Waals surface area contributed by atoms with Crippen LogP contribution < -0.4 is 5.32 Å². The van der Waals surface area contributed by atoms with Crippen LogP contribution in [0.2, 0.25) is 0 Å². The molecule has 0 fully saturated rings. The number of fused-ring (bicyclic) bond motifs is 1. The Kier molecular flexibility index (Phi) is 4.32. The summed E-state index contributed by atoms with van der Waals surface area (Å²) in [6.45, 7) is 12.6. The van der Waals surface area contributed by atoms with E-state index in [2.05, 4.69) is 34.3 Å². The third kappa shape index (κ3) is 3.01. The monoisotopic (exact) mass is 340 g/mol. The maximum absolute atomic E-state index is 12.9. The molecule has 1 N–H and O–H groups in total. The van der Waals surface area contributed by atoms with Gasteiger partial charge in [0, 0.05) is 24.5 Å². The summed E-state index contributed by atoms with van der Waals surface area (Å²) in [4.78, 5) is 17.6. The SMILES string of the molecule is CCn1cc(NC(=O)c2cc(C)nc3c2c(C)nn3C(C)C)c(C)n1. The maximum atomic E-state index is 12.9. The highest BCUT2D eigenvalue weighted by Crippen LogP contribution is 2.25. The lowest BCUT2D eigenvalue weighted by atomic mass is 10.1. The fraction of sp³-hybridized carbons (Fsp3) is 0.444. The van der Waals surface area contributed by atoms with E-state index in [-0.39, 0.29) is 11.9 Å². The van der Waals surface area contributed by atoms with Gasteiger partial charge in [-0.05, 0) is 47.6 Å². The molecule has 0 aliphatic rings. The Morgan fingerprint density at radius 3 is 2.52 bits per heavy atom. The Bertz CT molecular complexity index is 950. The summed E-state index contributed by atoms with van der Waals surface area (Å²) in [6.07, 6.45) is 1.85. The van der Waals surface area contributed by atoms with E-state index < -0.39 is 0 Å². The molecule has 0 aromatic carbocycles. The highest BCUT2D eigenvalue weighted by molar-refractivity contribution is 6.12. The Morgan fingerprint density at radius 1 is 1.20 bits per heavy atom. The van der Waals surface area contributed by atoms with Crippen LogP contribution in [0, 0.1) is 20.8 Å². The van der Waals surface area contributed by atoms with Gasteiger partial charge in [0.15, 0.2) is 5.65 Å². The molecule has 0 radical (unpaired) electrons. The van der Waals surface area contributed by atoms with Crippen LogP contribution in [0.1, 0.15) is 54.3 Å². The van der Waals surface area contributed by atoms with E-state index >= 15 is 0 Å². The summed E-state index contributed by atoms with van der Waals surface area (Å²) < 4.78 is 3.68. The molecule has 132 valence electrons. The Labute approximate surface area is 147 Å². The van der Waals surface area contributed by atoms with Crippen molar-refractivity contribution in [1.82, 2.24) is 24.5 Å². The first-order valence-electron chi connectivity index (χ1n) is 8.53. The van der Waals surface area contributed by atoms with E-state index in [1.807, 2.05) is 44.6 Å². The van der Waals surface area contributed by atoms with Gasteiger partial charge in [0.1, 0.15) is 0 Å². The van der Waals surface area contributed by atoms with E-state index in [0.717, 1.165) is 40.3 Å². The fourth-order valence-electron chi connectivity index (χ4n) is 2.97. The Morgan fingerprint density at radius 2 is 1.92 bits per heavy atom. The number of rotatable bonds is 4. The number of aromatic nitrogens is 5. The van der Waals surface area contributed by atoms with Crippen molar-refractivity contribution in [2.24, 2.45) is 0 Å². The minimum absolute atomic E-state index is 0.166. The van der Waals surface area contributed by atoms with E-state index in [1.54, 1.807) is 4.68 Å². The number of carbonyl (C=O) groups excluding carboxylic acids is 1.